The second-order valence-corrected chi connectivity index (χ2v) is 7.31. The van der Waals surface area contributed by atoms with Crippen LogP contribution in [0.5, 0.6) is 0 Å². The van der Waals surface area contributed by atoms with Crippen LogP contribution >= 0.6 is 0 Å². The van der Waals surface area contributed by atoms with E-state index in [4.69, 9.17) is 15.2 Å². The number of nitrogens with one attached hydrogen (secondary N) is 3. The average Bonchev–Trinajstić information content (AvgIpc) is 2.77. The molecule has 0 saturated carbocycles. The Morgan fingerprint density at radius 3 is 2.29 bits per heavy atom. The molecule has 0 aromatic heterocycles. The molecule has 0 bridgehead atoms. The summed E-state index contributed by atoms with van der Waals surface area (Å²) in [6.07, 6.45) is 1.09. The summed E-state index contributed by atoms with van der Waals surface area (Å²) >= 11 is 0. The van der Waals surface area contributed by atoms with Crippen molar-refractivity contribution in [2.45, 2.75) is 39.8 Å². The standard InChI is InChI=1S/C18H25N3O4.C4H9NO/c1-4-14(16(19)22)20-17(23)15(10-12(2)3)21-18(24)25-11-13-8-6-5-7-9-13;1-3-6-4-2-5-1/h4-9,12,15H,10-11H2,1-3H3,(H2,19,22)(H,20,23)(H,21,24);5H,1-4H2/b14-4+;. The number of morpholine rings is 1. The van der Waals surface area contributed by atoms with Crippen molar-refractivity contribution in [3.8, 4) is 0 Å². The smallest absolute Gasteiger partial charge is 0.408 e. The fraction of sp³-hybridized carbons (Fsp3) is 0.500. The molecule has 1 aromatic rings. The van der Waals surface area contributed by atoms with Crippen molar-refractivity contribution in [1.82, 2.24) is 16.0 Å². The molecule has 1 fully saturated rings. The molecule has 0 spiro atoms. The highest BCUT2D eigenvalue weighted by Gasteiger charge is 2.24. The Morgan fingerprint density at radius 2 is 1.84 bits per heavy atom. The molecule has 5 N–H and O–H groups in total. The first-order valence-corrected chi connectivity index (χ1v) is 10.4. The normalized spacial score (nSPS) is 14.6. The molecule has 0 radical (unpaired) electrons. The number of allylic oxidation sites excluding steroid dienone is 1. The van der Waals surface area contributed by atoms with Gasteiger partial charge in [0.1, 0.15) is 18.3 Å². The second-order valence-electron chi connectivity index (χ2n) is 7.31. The van der Waals surface area contributed by atoms with Crippen LogP contribution in [-0.2, 0) is 25.7 Å². The lowest BCUT2D eigenvalue weighted by Gasteiger charge is -2.20. The predicted molar refractivity (Wildman–Crippen MR) is 118 cm³/mol. The van der Waals surface area contributed by atoms with Crippen LogP contribution in [0, 0.1) is 5.92 Å². The molecule has 1 saturated heterocycles. The minimum atomic E-state index is -0.836. The zero-order chi connectivity index (χ0) is 23.1. The molecule has 9 heteroatoms. The Kier molecular flexibility index (Phi) is 12.6. The number of ether oxygens (including phenoxy) is 2. The number of amides is 3. The van der Waals surface area contributed by atoms with Gasteiger partial charge in [-0.25, -0.2) is 4.79 Å². The molecular weight excluding hydrogens is 400 g/mol. The zero-order valence-corrected chi connectivity index (χ0v) is 18.5. The van der Waals surface area contributed by atoms with E-state index < -0.39 is 23.9 Å². The summed E-state index contributed by atoms with van der Waals surface area (Å²) in [7, 11) is 0. The first-order valence-electron chi connectivity index (χ1n) is 10.4. The Hall–Kier alpha value is -2.91. The summed E-state index contributed by atoms with van der Waals surface area (Å²) in [6, 6.07) is 8.37. The van der Waals surface area contributed by atoms with Gasteiger partial charge in [0, 0.05) is 13.1 Å². The van der Waals surface area contributed by atoms with Gasteiger partial charge in [-0.2, -0.15) is 0 Å². The van der Waals surface area contributed by atoms with Crippen LogP contribution in [0.15, 0.2) is 42.1 Å². The van der Waals surface area contributed by atoms with Crippen LogP contribution in [0.2, 0.25) is 0 Å². The van der Waals surface area contributed by atoms with Crippen LogP contribution in [0.25, 0.3) is 0 Å². The van der Waals surface area contributed by atoms with E-state index in [9.17, 15) is 14.4 Å². The van der Waals surface area contributed by atoms with Gasteiger partial charge in [0.05, 0.1) is 13.2 Å². The first-order chi connectivity index (χ1) is 14.8. The molecule has 1 atom stereocenters. The molecule has 1 heterocycles. The number of nitrogens with two attached hydrogens (primary N) is 1. The minimum absolute atomic E-state index is 0.0155. The average molecular weight is 435 g/mol. The van der Waals surface area contributed by atoms with Gasteiger partial charge in [-0.1, -0.05) is 50.3 Å². The molecule has 1 aliphatic rings. The van der Waals surface area contributed by atoms with Crippen LogP contribution in [-0.4, -0.2) is 50.3 Å². The third kappa shape index (κ3) is 11.8. The zero-order valence-electron chi connectivity index (χ0n) is 18.5. The molecule has 3 amide bonds. The number of alkyl carbamates (subject to hydrolysis) is 1. The lowest BCUT2D eigenvalue weighted by molar-refractivity contribution is -0.124. The monoisotopic (exact) mass is 434 g/mol. The predicted octanol–water partition coefficient (Wildman–Crippen LogP) is 1.44. The van der Waals surface area contributed by atoms with Crippen molar-refractivity contribution >= 4 is 17.9 Å². The molecule has 0 aliphatic carbocycles. The quantitative estimate of drug-likeness (QED) is 0.458. The van der Waals surface area contributed by atoms with Crippen molar-refractivity contribution in [2.24, 2.45) is 11.7 Å². The van der Waals surface area contributed by atoms with Crippen molar-refractivity contribution in [3.05, 3.63) is 47.7 Å². The van der Waals surface area contributed by atoms with E-state index in [0.717, 1.165) is 31.9 Å². The van der Waals surface area contributed by atoms with E-state index in [1.165, 1.54) is 6.08 Å². The maximum Gasteiger partial charge on any atom is 0.408 e. The molecule has 31 heavy (non-hydrogen) atoms. The van der Waals surface area contributed by atoms with Crippen molar-refractivity contribution in [1.29, 1.82) is 0 Å². The Balaban J connectivity index is 0.000000683. The maximum absolute atomic E-state index is 12.3. The second kappa shape index (κ2) is 15.0. The molecule has 172 valence electrons. The number of primary amides is 1. The van der Waals surface area contributed by atoms with E-state index in [0.29, 0.717) is 6.42 Å². The van der Waals surface area contributed by atoms with E-state index >= 15 is 0 Å². The van der Waals surface area contributed by atoms with Crippen LogP contribution in [0.3, 0.4) is 0 Å². The third-order valence-electron chi connectivity index (χ3n) is 4.19. The van der Waals surface area contributed by atoms with Crippen LogP contribution in [0.1, 0.15) is 32.8 Å². The number of hydrogen-bond acceptors (Lipinski definition) is 6. The lowest BCUT2D eigenvalue weighted by atomic mass is 10.0. The topological polar surface area (TPSA) is 132 Å². The van der Waals surface area contributed by atoms with Gasteiger partial charge in [0.25, 0.3) is 5.91 Å². The van der Waals surface area contributed by atoms with Gasteiger partial charge in [-0.05, 0) is 24.8 Å². The molecule has 1 unspecified atom stereocenters. The first kappa shape index (κ1) is 26.1. The minimum Gasteiger partial charge on any atom is -0.445 e. The number of benzene rings is 1. The summed E-state index contributed by atoms with van der Waals surface area (Å²) in [6.45, 7) is 9.35. The summed E-state index contributed by atoms with van der Waals surface area (Å²) in [5, 5.41) is 8.12. The van der Waals surface area contributed by atoms with Crippen molar-refractivity contribution in [2.75, 3.05) is 26.3 Å². The van der Waals surface area contributed by atoms with Gasteiger partial charge in [0.2, 0.25) is 5.91 Å². The molecule has 9 nitrogen and oxygen atoms in total. The SMILES string of the molecule is C/C=C(/NC(=O)C(CC(C)C)NC(=O)OCc1ccccc1)C(N)=O.C1COCCN1. The fourth-order valence-electron chi connectivity index (χ4n) is 2.62. The van der Waals surface area contributed by atoms with Crippen LogP contribution in [0.4, 0.5) is 4.79 Å². The van der Waals surface area contributed by atoms with Gasteiger partial charge in [-0.3, -0.25) is 9.59 Å². The summed E-state index contributed by atoms with van der Waals surface area (Å²) < 4.78 is 10.1. The largest absolute Gasteiger partial charge is 0.445 e. The van der Waals surface area contributed by atoms with E-state index in [1.807, 2.05) is 44.2 Å². The number of rotatable bonds is 8. The van der Waals surface area contributed by atoms with Gasteiger partial charge in [0.15, 0.2) is 0 Å². The molecule has 2 rings (SSSR count). The van der Waals surface area contributed by atoms with E-state index in [2.05, 4.69) is 16.0 Å². The van der Waals surface area contributed by atoms with Crippen LogP contribution < -0.4 is 21.7 Å². The summed E-state index contributed by atoms with van der Waals surface area (Å²) in [5.41, 5.74) is 6.00. The Bertz CT molecular complexity index is 706. The molecule has 1 aromatic carbocycles. The highest BCUT2D eigenvalue weighted by molar-refractivity contribution is 5.98. The lowest BCUT2D eigenvalue weighted by Crippen LogP contribution is -2.48. The van der Waals surface area contributed by atoms with Gasteiger partial charge >= 0.3 is 6.09 Å². The van der Waals surface area contributed by atoms with Gasteiger partial charge < -0.3 is 31.2 Å². The fourth-order valence-corrected chi connectivity index (χ4v) is 2.62. The summed E-state index contributed by atoms with van der Waals surface area (Å²) in [4.78, 5) is 35.5. The molecule has 1 aliphatic heterocycles. The highest BCUT2D eigenvalue weighted by Crippen LogP contribution is 2.07. The number of carbonyl (C=O) groups excluding carboxylic acids is 3. The number of hydrogen-bond donors (Lipinski definition) is 4. The highest BCUT2D eigenvalue weighted by atomic mass is 16.5. The Labute approximate surface area is 183 Å². The Morgan fingerprint density at radius 1 is 1.19 bits per heavy atom. The summed E-state index contributed by atoms with van der Waals surface area (Å²) in [5.74, 6) is -1.11. The maximum atomic E-state index is 12.3. The van der Waals surface area contributed by atoms with Crippen molar-refractivity contribution in [3.63, 3.8) is 0 Å². The van der Waals surface area contributed by atoms with Gasteiger partial charge in [-0.15, -0.1) is 0 Å². The van der Waals surface area contributed by atoms with E-state index in [1.54, 1.807) is 6.92 Å². The van der Waals surface area contributed by atoms with Crippen molar-refractivity contribution < 1.29 is 23.9 Å². The van der Waals surface area contributed by atoms with E-state index in [-0.39, 0.29) is 18.2 Å². The third-order valence-corrected chi connectivity index (χ3v) is 4.19. The number of carbonyl (C=O) groups is 3. The molecular formula is C22H34N4O5.